The Morgan fingerprint density at radius 1 is 1.00 bits per heavy atom. The van der Waals surface area contributed by atoms with Crippen LogP contribution in [0.5, 0.6) is 11.5 Å². The molecule has 0 fully saturated rings. The van der Waals surface area contributed by atoms with Gasteiger partial charge in [0.05, 0.1) is 29.9 Å². The molecule has 0 saturated carbocycles. The number of hydrogen-bond donors (Lipinski definition) is 2. The first-order valence-electron chi connectivity index (χ1n) is 11.3. The maximum Gasteiger partial charge on any atom is 0.262 e. The standard InChI is InChI=1S/C27H21N5O3S/c1-34-20-10-8-19(9-11-20)32-25(14-21(31-32)17-5-3-2-4-6-17)30-27-29-23(16-36-27)18-7-12-24-22(13-18)28-26(33)15-35-24/h2-14,16H,15H2,1H3,(H,28,33)(H,29,30). The van der Waals surface area contributed by atoms with E-state index in [0.29, 0.717) is 11.4 Å². The number of aromatic nitrogens is 3. The van der Waals surface area contributed by atoms with Gasteiger partial charge in [-0.05, 0) is 42.5 Å². The molecule has 2 aromatic heterocycles. The van der Waals surface area contributed by atoms with Gasteiger partial charge in [-0.1, -0.05) is 30.3 Å². The van der Waals surface area contributed by atoms with E-state index in [1.165, 1.54) is 11.3 Å². The van der Waals surface area contributed by atoms with Crippen LogP contribution in [0.1, 0.15) is 0 Å². The van der Waals surface area contributed by atoms with E-state index in [2.05, 4.69) is 10.6 Å². The monoisotopic (exact) mass is 495 g/mol. The molecule has 0 saturated heterocycles. The summed E-state index contributed by atoms with van der Waals surface area (Å²) in [5.74, 6) is 2.05. The molecule has 1 amide bonds. The third-order valence-electron chi connectivity index (χ3n) is 5.74. The van der Waals surface area contributed by atoms with Gasteiger partial charge in [-0.15, -0.1) is 11.3 Å². The van der Waals surface area contributed by atoms with Crippen molar-refractivity contribution in [2.24, 2.45) is 0 Å². The summed E-state index contributed by atoms with van der Waals surface area (Å²) in [6, 6.07) is 25.4. The Morgan fingerprint density at radius 3 is 2.64 bits per heavy atom. The maximum absolute atomic E-state index is 11.7. The minimum absolute atomic E-state index is 0.0317. The number of anilines is 3. The highest BCUT2D eigenvalue weighted by Crippen LogP contribution is 2.35. The van der Waals surface area contributed by atoms with Crippen molar-refractivity contribution in [1.82, 2.24) is 14.8 Å². The first kappa shape index (κ1) is 21.9. The molecule has 36 heavy (non-hydrogen) atoms. The zero-order valence-corrected chi connectivity index (χ0v) is 20.1. The lowest BCUT2D eigenvalue weighted by Crippen LogP contribution is -2.25. The number of nitrogens with zero attached hydrogens (tertiary/aromatic N) is 3. The van der Waals surface area contributed by atoms with E-state index < -0.39 is 0 Å². The second-order valence-electron chi connectivity index (χ2n) is 8.10. The van der Waals surface area contributed by atoms with Crippen molar-refractivity contribution in [2.45, 2.75) is 0 Å². The summed E-state index contributed by atoms with van der Waals surface area (Å²) in [5.41, 5.74) is 5.09. The minimum atomic E-state index is -0.165. The van der Waals surface area contributed by atoms with Crippen LogP contribution < -0.4 is 20.1 Å². The van der Waals surface area contributed by atoms with Gasteiger partial charge in [0.1, 0.15) is 17.3 Å². The summed E-state index contributed by atoms with van der Waals surface area (Å²) in [7, 11) is 1.65. The molecule has 0 unspecified atom stereocenters. The number of thiazole rings is 1. The summed E-state index contributed by atoms with van der Waals surface area (Å²) in [5, 5.41) is 13.8. The highest BCUT2D eigenvalue weighted by atomic mass is 32.1. The molecule has 0 atom stereocenters. The Labute approximate surface area is 211 Å². The van der Waals surface area contributed by atoms with E-state index in [4.69, 9.17) is 19.6 Å². The van der Waals surface area contributed by atoms with Crippen molar-refractivity contribution in [1.29, 1.82) is 0 Å². The summed E-state index contributed by atoms with van der Waals surface area (Å²) >= 11 is 1.49. The number of methoxy groups -OCH3 is 1. The smallest absolute Gasteiger partial charge is 0.262 e. The van der Waals surface area contributed by atoms with Crippen LogP contribution >= 0.6 is 11.3 Å². The molecule has 3 aromatic carbocycles. The van der Waals surface area contributed by atoms with Gasteiger partial charge in [-0.3, -0.25) is 4.79 Å². The quantitative estimate of drug-likeness (QED) is 0.312. The van der Waals surface area contributed by atoms with Gasteiger partial charge in [0.15, 0.2) is 11.7 Å². The summed E-state index contributed by atoms with van der Waals surface area (Å²) in [6.07, 6.45) is 0. The fourth-order valence-electron chi connectivity index (χ4n) is 3.96. The Bertz CT molecular complexity index is 1540. The normalized spacial score (nSPS) is 12.4. The van der Waals surface area contributed by atoms with E-state index in [9.17, 15) is 4.79 Å². The number of carbonyl (C=O) groups excluding carboxylic acids is 1. The molecule has 1 aliphatic rings. The van der Waals surface area contributed by atoms with E-state index in [-0.39, 0.29) is 12.5 Å². The van der Waals surface area contributed by atoms with Crippen LogP contribution in [-0.4, -0.2) is 34.4 Å². The van der Waals surface area contributed by atoms with Crippen LogP contribution in [0.15, 0.2) is 84.2 Å². The van der Waals surface area contributed by atoms with E-state index >= 15 is 0 Å². The highest BCUT2D eigenvalue weighted by molar-refractivity contribution is 7.14. The number of hydrogen-bond acceptors (Lipinski definition) is 7. The van der Waals surface area contributed by atoms with Crippen LogP contribution in [0.2, 0.25) is 0 Å². The molecular weight excluding hydrogens is 474 g/mol. The number of fused-ring (bicyclic) bond motifs is 1. The summed E-state index contributed by atoms with van der Waals surface area (Å²) in [4.78, 5) is 16.5. The van der Waals surface area contributed by atoms with Gasteiger partial charge in [0.25, 0.3) is 5.91 Å². The van der Waals surface area contributed by atoms with Crippen molar-refractivity contribution in [3.63, 3.8) is 0 Å². The molecule has 9 heteroatoms. The number of nitrogens with one attached hydrogen (secondary N) is 2. The van der Waals surface area contributed by atoms with Crippen LogP contribution in [0.25, 0.3) is 28.2 Å². The average Bonchev–Trinajstić information content (AvgIpc) is 3.56. The molecular formula is C27H21N5O3S. The average molecular weight is 496 g/mol. The Morgan fingerprint density at radius 2 is 1.83 bits per heavy atom. The molecule has 0 bridgehead atoms. The third kappa shape index (κ3) is 4.27. The Hall–Kier alpha value is -4.63. The number of rotatable bonds is 6. The number of carbonyl (C=O) groups is 1. The summed E-state index contributed by atoms with van der Waals surface area (Å²) < 4.78 is 12.6. The van der Waals surface area contributed by atoms with Crippen molar-refractivity contribution < 1.29 is 14.3 Å². The number of amides is 1. The van der Waals surface area contributed by atoms with Gasteiger partial charge in [0, 0.05) is 22.6 Å². The fourth-order valence-corrected chi connectivity index (χ4v) is 4.68. The van der Waals surface area contributed by atoms with Gasteiger partial charge in [0.2, 0.25) is 0 Å². The predicted octanol–water partition coefficient (Wildman–Crippen LogP) is 5.75. The second kappa shape index (κ2) is 9.20. The van der Waals surface area contributed by atoms with Crippen molar-refractivity contribution >= 4 is 33.9 Å². The molecule has 178 valence electrons. The lowest BCUT2D eigenvalue weighted by molar-refractivity contribution is -0.118. The first-order chi connectivity index (χ1) is 17.7. The highest BCUT2D eigenvalue weighted by Gasteiger charge is 2.18. The lowest BCUT2D eigenvalue weighted by Gasteiger charge is -2.18. The zero-order chi connectivity index (χ0) is 24.5. The van der Waals surface area contributed by atoms with E-state index in [1.54, 1.807) is 7.11 Å². The molecule has 0 radical (unpaired) electrons. The molecule has 2 N–H and O–H groups in total. The molecule has 5 aromatic rings. The second-order valence-corrected chi connectivity index (χ2v) is 8.96. The summed E-state index contributed by atoms with van der Waals surface area (Å²) in [6.45, 7) is 0.0317. The van der Waals surface area contributed by atoms with Gasteiger partial charge < -0.3 is 20.1 Å². The van der Waals surface area contributed by atoms with Gasteiger partial charge >= 0.3 is 0 Å². The molecule has 1 aliphatic heterocycles. The largest absolute Gasteiger partial charge is 0.497 e. The van der Waals surface area contributed by atoms with Crippen molar-refractivity contribution in [2.75, 3.05) is 24.4 Å². The molecule has 8 nitrogen and oxygen atoms in total. The number of benzene rings is 3. The minimum Gasteiger partial charge on any atom is -0.497 e. The van der Waals surface area contributed by atoms with Gasteiger partial charge in [-0.2, -0.15) is 5.10 Å². The molecule has 6 rings (SSSR count). The van der Waals surface area contributed by atoms with Crippen LogP contribution in [-0.2, 0) is 4.79 Å². The maximum atomic E-state index is 11.7. The molecule has 0 aliphatic carbocycles. The van der Waals surface area contributed by atoms with Crippen LogP contribution in [0.4, 0.5) is 16.6 Å². The lowest BCUT2D eigenvalue weighted by atomic mass is 10.1. The number of ether oxygens (including phenoxy) is 2. The third-order valence-corrected chi connectivity index (χ3v) is 6.50. The molecule has 0 spiro atoms. The zero-order valence-electron chi connectivity index (χ0n) is 19.3. The molecule has 3 heterocycles. The Kier molecular flexibility index (Phi) is 5.59. The van der Waals surface area contributed by atoms with Crippen LogP contribution in [0, 0.1) is 0 Å². The van der Waals surface area contributed by atoms with Crippen molar-refractivity contribution in [3.8, 4) is 39.7 Å². The first-order valence-corrected chi connectivity index (χ1v) is 12.1. The van der Waals surface area contributed by atoms with Crippen molar-refractivity contribution in [3.05, 3.63) is 84.2 Å². The Balaban J connectivity index is 1.33. The van der Waals surface area contributed by atoms with E-state index in [0.717, 1.165) is 44.9 Å². The van der Waals surface area contributed by atoms with Crippen LogP contribution in [0.3, 0.4) is 0 Å². The van der Waals surface area contributed by atoms with Gasteiger partial charge in [-0.25, -0.2) is 9.67 Å². The predicted molar refractivity (Wildman–Crippen MR) is 141 cm³/mol. The van der Waals surface area contributed by atoms with E-state index in [1.807, 2.05) is 88.9 Å². The fraction of sp³-hybridized carbons (Fsp3) is 0.0741. The SMILES string of the molecule is COc1ccc(-n2nc(-c3ccccc3)cc2Nc2nc(-c3ccc4c(c3)NC(=O)CO4)cs2)cc1. The topological polar surface area (TPSA) is 90.3 Å².